The van der Waals surface area contributed by atoms with Crippen LogP contribution in [0.4, 0.5) is 11.4 Å². The van der Waals surface area contributed by atoms with Crippen LogP contribution in [0.15, 0.2) is 67.0 Å². The largest absolute Gasteiger partial charge is 0.383 e. The first-order chi connectivity index (χ1) is 13.2. The number of hydrogen-bond donors (Lipinski definition) is 2. The van der Waals surface area contributed by atoms with Crippen molar-refractivity contribution in [2.75, 3.05) is 17.2 Å². The highest BCUT2D eigenvalue weighted by molar-refractivity contribution is 6.30. The second kappa shape index (κ2) is 9.19. The number of hydrogen-bond acceptors (Lipinski definition) is 3. The van der Waals surface area contributed by atoms with Gasteiger partial charge in [0.2, 0.25) is 0 Å². The standard InChI is InChI=1S/C22H22ClN3O/c1-2-17-7-3-4-9-21(17)26-22(27)18-13-20(15-24-14-18)25-11-10-16-6-5-8-19(23)12-16/h3-9,12-15,25H,2,10-11H2,1H3,(H,26,27). The molecule has 5 heteroatoms. The number of pyridine rings is 1. The fraction of sp³-hybridized carbons (Fsp3) is 0.182. The highest BCUT2D eigenvalue weighted by atomic mass is 35.5. The topological polar surface area (TPSA) is 54.0 Å². The maximum atomic E-state index is 12.6. The van der Waals surface area contributed by atoms with Crippen molar-refractivity contribution in [2.45, 2.75) is 19.8 Å². The van der Waals surface area contributed by atoms with Crippen LogP contribution in [0.25, 0.3) is 0 Å². The van der Waals surface area contributed by atoms with Crippen molar-refractivity contribution >= 4 is 28.9 Å². The summed E-state index contributed by atoms with van der Waals surface area (Å²) < 4.78 is 0. The van der Waals surface area contributed by atoms with E-state index in [0.717, 1.165) is 46.9 Å². The van der Waals surface area contributed by atoms with Crippen molar-refractivity contribution in [3.8, 4) is 0 Å². The Hall–Kier alpha value is -2.85. The molecule has 1 heterocycles. The van der Waals surface area contributed by atoms with E-state index in [9.17, 15) is 4.79 Å². The van der Waals surface area contributed by atoms with E-state index in [4.69, 9.17) is 11.6 Å². The van der Waals surface area contributed by atoms with E-state index in [0.29, 0.717) is 5.56 Å². The molecule has 0 saturated heterocycles. The fourth-order valence-corrected chi connectivity index (χ4v) is 3.06. The minimum atomic E-state index is -0.165. The number of benzene rings is 2. The number of rotatable bonds is 7. The predicted molar refractivity (Wildman–Crippen MR) is 112 cm³/mol. The van der Waals surface area contributed by atoms with E-state index in [2.05, 4.69) is 22.5 Å². The Morgan fingerprint density at radius 3 is 2.74 bits per heavy atom. The smallest absolute Gasteiger partial charge is 0.257 e. The number of carbonyl (C=O) groups excluding carboxylic acids is 1. The highest BCUT2D eigenvalue weighted by Gasteiger charge is 2.09. The zero-order valence-electron chi connectivity index (χ0n) is 15.2. The van der Waals surface area contributed by atoms with Gasteiger partial charge in [-0.3, -0.25) is 9.78 Å². The second-order valence-electron chi connectivity index (χ2n) is 6.23. The minimum Gasteiger partial charge on any atom is -0.383 e. The molecule has 0 saturated carbocycles. The number of anilines is 2. The first-order valence-corrected chi connectivity index (χ1v) is 9.36. The molecule has 0 aliphatic rings. The van der Waals surface area contributed by atoms with Gasteiger partial charge in [0.05, 0.1) is 11.3 Å². The van der Waals surface area contributed by atoms with Crippen LogP contribution in [-0.4, -0.2) is 17.4 Å². The van der Waals surface area contributed by atoms with Crippen LogP contribution in [0.2, 0.25) is 5.02 Å². The van der Waals surface area contributed by atoms with E-state index >= 15 is 0 Å². The quantitative estimate of drug-likeness (QED) is 0.592. The lowest BCUT2D eigenvalue weighted by molar-refractivity contribution is 0.102. The van der Waals surface area contributed by atoms with Crippen LogP contribution in [-0.2, 0) is 12.8 Å². The summed E-state index contributed by atoms with van der Waals surface area (Å²) in [4.78, 5) is 16.8. The van der Waals surface area contributed by atoms with Gasteiger partial charge in [-0.1, -0.05) is 48.9 Å². The molecule has 2 aromatic carbocycles. The molecule has 0 bridgehead atoms. The van der Waals surface area contributed by atoms with E-state index < -0.39 is 0 Å². The summed E-state index contributed by atoms with van der Waals surface area (Å²) in [7, 11) is 0. The van der Waals surface area contributed by atoms with Gasteiger partial charge >= 0.3 is 0 Å². The van der Waals surface area contributed by atoms with Gasteiger partial charge in [0.1, 0.15) is 0 Å². The molecule has 1 amide bonds. The van der Waals surface area contributed by atoms with Crippen molar-refractivity contribution in [1.29, 1.82) is 0 Å². The van der Waals surface area contributed by atoms with E-state index in [1.807, 2.05) is 54.6 Å². The molecule has 0 unspecified atom stereocenters. The third-order valence-electron chi connectivity index (χ3n) is 4.28. The molecule has 0 spiro atoms. The first kappa shape index (κ1) is 18.9. The van der Waals surface area contributed by atoms with Gasteiger partial charge in [-0.15, -0.1) is 0 Å². The SMILES string of the molecule is CCc1ccccc1NC(=O)c1cncc(NCCc2cccc(Cl)c2)c1. The normalized spacial score (nSPS) is 10.4. The van der Waals surface area contributed by atoms with E-state index in [-0.39, 0.29) is 5.91 Å². The molecule has 0 atom stereocenters. The molecular weight excluding hydrogens is 358 g/mol. The van der Waals surface area contributed by atoms with Crippen LogP contribution < -0.4 is 10.6 Å². The first-order valence-electron chi connectivity index (χ1n) is 8.98. The van der Waals surface area contributed by atoms with Gasteiger partial charge in [0.15, 0.2) is 0 Å². The summed E-state index contributed by atoms with van der Waals surface area (Å²) in [6.45, 7) is 2.79. The lowest BCUT2D eigenvalue weighted by atomic mass is 10.1. The van der Waals surface area contributed by atoms with Crippen LogP contribution in [0, 0.1) is 0 Å². The van der Waals surface area contributed by atoms with Crippen molar-refractivity contribution in [3.05, 3.63) is 88.7 Å². The number of para-hydroxylation sites is 1. The average Bonchev–Trinajstić information content (AvgIpc) is 2.69. The number of nitrogens with zero attached hydrogens (tertiary/aromatic N) is 1. The zero-order chi connectivity index (χ0) is 19.1. The lowest BCUT2D eigenvalue weighted by Gasteiger charge is -2.11. The summed E-state index contributed by atoms with van der Waals surface area (Å²) >= 11 is 6.01. The van der Waals surface area contributed by atoms with Crippen LogP contribution >= 0.6 is 11.6 Å². The molecule has 27 heavy (non-hydrogen) atoms. The maximum absolute atomic E-state index is 12.6. The molecule has 3 aromatic rings. The predicted octanol–water partition coefficient (Wildman–Crippen LogP) is 5.20. The summed E-state index contributed by atoms with van der Waals surface area (Å²) in [5.41, 5.74) is 4.44. The Kier molecular flexibility index (Phi) is 6.44. The van der Waals surface area contributed by atoms with Crippen molar-refractivity contribution in [1.82, 2.24) is 4.98 Å². The minimum absolute atomic E-state index is 0.165. The number of halogens is 1. The molecule has 3 rings (SSSR count). The van der Waals surface area contributed by atoms with Crippen molar-refractivity contribution in [2.24, 2.45) is 0 Å². The number of amides is 1. The van der Waals surface area contributed by atoms with Crippen molar-refractivity contribution < 1.29 is 4.79 Å². The van der Waals surface area contributed by atoms with Crippen LogP contribution in [0.3, 0.4) is 0 Å². The van der Waals surface area contributed by atoms with Crippen molar-refractivity contribution in [3.63, 3.8) is 0 Å². The molecule has 0 aliphatic heterocycles. The molecule has 2 N–H and O–H groups in total. The molecule has 0 aliphatic carbocycles. The fourth-order valence-electron chi connectivity index (χ4n) is 2.85. The summed E-state index contributed by atoms with van der Waals surface area (Å²) in [6.07, 6.45) is 4.99. The number of carbonyl (C=O) groups is 1. The van der Waals surface area contributed by atoms with Gasteiger partial charge in [0.25, 0.3) is 5.91 Å². The maximum Gasteiger partial charge on any atom is 0.257 e. The highest BCUT2D eigenvalue weighted by Crippen LogP contribution is 2.18. The third kappa shape index (κ3) is 5.31. The Labute approximate surface area is 164 Å². The van der Waals surface area contributed by atoms with Crippen LogP contribution in [0.5, 0.6) is 0 Å². The Bertz CT molecular complexity index is 927. The monoisotopic (exact) mass is 379 g/mol. The molecule has 0 radical (unpaired) electrons. The number of aromatic nitrogens is 1. The van der Waals surface area contributed by atoms with E-state index in [1.165, 1.54) is 0 Å². The Morgan fingerprint density at radius 2 is 1.93 bits per heavy atom. The summed E-state index contributed by atoms with van der Waals surface area (Å²) in [5, 5.41) is 7.02. The van der Waals surface area contributed by atoms with Gasteiger partial charge < -0.3 is 10.6 Å². The lowest BCUT2D eigenvalue weighted by Crippen LogP contribution is -2.14. The zero-order valence-corrected chi connectivity index (χ0v) is 16.0. The van der Waals surface area contributed by atoms with Gasteiger partial charge in [-0.25, -0.2) is 0 Å². The van der Waals surface area contributed by atoms with Gasteiger partial charge in [-0.05, 0) is 48.2 Å². The average molecular weight is 380 g/mol. The van der Waals surface area contributed by atoms with Gasteiger partial charge in [-0.2, -0.15) is 0 Å². The van der Waals surface area contributed by atoms with Gasteiger partial charge in [0, 0.05) is 29.6 Å². The molecule has 1 aromatic heterocycles. The third-order valence-corrected chi connectivity index (χ3v) is 4.51. The number of aryl methyl sites for hydroxylation is 1. The summed E-state index contributed by atoms with van der Waals surface area (Å²) in [5.74, 6) is -0.165. The Morgan fingerprint density at radius 1 is 1.07 bits per heavy atom. The molecule has 4 nitrogen and oxygen atoms in total. The second-order valence-corrected chi connectivity index (χ2v) is 6.67. The van der Waals surface area contributed by atoms with Crippen LogP contribution in [0.1, 0.15) is 28.4 Å². The number of nitrogens with one attached hydrogen (secondary N) is 2. The summed E-state index contributed by atoms with van der Waals surface area (Å²) in [6, 6.07) is 17.4. The Balaban J connectivity index is 1.61. The molecule has 0 fully saturated rings. The molecule has 138 valence electrons. The van der Waals surface area contributed by atoms with E-state index in [1.54, 1.807) is 12.4 Å². The molecular formula is C22H22ClN3O.